The van der Waals surface area contributed by atoms with Crippen LogP contribution >= 0.6 is 0 Å². The lowest BCUT2D eigenvalue weighted by molar-refractivity contribution is -0.115. The van der Waals surface area contributed by atoms with Crippen LogP contribution in [0, 0.1) is 0 Å². The molecule has 4 nitrogen and oxygen atoms in total. The lowest BCUT2D eigenvalue weighted by Gasteiger charge is -2.48. The Kier molecular flexibility index (Phi) is 4.71. The van der Waals surface area contributed by atoms with E-state index in [1.165, 1.54) is 0 Å². The first-order chi connectivity index (χ1) is 21.1. The van der Waals surface area contributed by atoms with Crippen molar-refractivity contribution in [3.05, 3.63) is 168 Å². The van der Waals surface area contributed by atoms with Gasteiger partial charge in [-0.3, -0.25) is 9.59 Å². The van der Waals surface area contributed by atoms with Crippen molar-refractivity contribution < 1.29 is 19.2 Å². The molecule has 0 radical (unpaired) electrons. The normalized spacial score (nSPS) is 19.1. The molecule has 0 heterocycles. The predicted molar refractivity (Wildman–Crippen MR) is 163 cm³/mol. The van der Waals surface area contributed by atoms with Gasteiger partial charge in [-0.2, -0.15) is 0 Å². The van der Waals surface area contributed by atoms with Crippen molar-refractivity contribution in [1.29, 1.82) is 0 Å². The summed E-state index contributed by atoms with van der Waals surface area (Å²) in [5.74, 6) is 4.31. The van der Waals surface area contributed by atoms with Crippen LogP contribution in [-0.2, 0) is 14.4 Å². The number of fused-ring (bicyclic) bond motifs is 9. The van der Waals surface area contributed by atoms with Gasteiger partial charge in [0.2, 0.25) is 0 Å². The van der Waals surface area contributed by atoms with Gasteiger partial charge in [0.25, 0.3) is 0 Å². The highest BCUT2D eigenvalue weighted by atomic mass is 16.1. The smallest absolute Gasteiger partial charge is 0.193 e. The largest absolute Gasteiger partial charge is 0.294 e. The van der Waals surface area contributed by atoms with Crippen molar-refractivity contribution in [3.8, 4) is 0 Å². The van der Waals surface area contributed by atoms with Crippen molar-refractivity contribution in [3.63, 3.8) is 0 Å². The molecule has 0 saturated carbocycles. The molecule has 3 aromatic carbocycles. The van der Waals surface area contributed by atoms with Crippen molar-refractivity contribution in [2.45, 2.75) is 19.3 Å². The Hall–Kier alpha value is -5.66. The molecule has 6 aliphatic carbocycles. The fourth-order valence-electron chi connectivity index (χ4n) is 7.74. The molecule has 0 spiro atoms. The molecule has 43 heavy (non-hydrogen) atoms. The molecule has 0 saturated heterocycles. The Bertz CT molecular complexity index is 2260. The number of hydrogen-bond acceptors (Lipinski definition) is 4. The van der Waals surface area contributed by atoms with Gasteiger partial charge in [-0.15, -0.1) is 0 Å². The van der Waals surface area contributed by atoms with E-state index in [-0.39, 0.29) is 18.0 Å². The number of ketones is 2. The summed E-state index contributed by atoms with van der Waals surface area (Å²) in [5.41, 5.74) is 15.0. The summed E-state index contributed by atoms with van der Waals surface area (Å²) in [4.78, 5) is 51.9. The first kappa shape index (κ1) is 24.0. The summed E-state index contributed by atoms with van der Waals surface area (Å²) in [6, 6.07) is 24.7. The van der Waals surface area contributed by atoms with E-state index in [1.54, 1.807) is 12.1 Å². The van der Waals surface area contributed by atoms with Crippen LogP contribution in [0.1, 0.15) is 51.9 Å². The number of carbonyl (C=O) groups excluding carboxylic acids is 4. The van der Waals surface area contributed by atoms with E-state index in [1.807, 2.05) is 72.8 Å². The molecule has 0 bridgehead atoms. The van der Waals surface area contributed by atoms with Gasteiger partial charge < -0.3 is 0 Å². The zero-order valence-electron chi connectivity index (χ0n) is 22.8. The standard InChI is InChI=1S/C39H20O4/c40-18-21-14-15-26(23-10-4-7-13-27(23)39(43)20-8-2-1-3-9-20)33-29-17-30(42)38-36-28(37(38)35(29)32(21)33)16-22(19-41)31-24-11-5-6-12-25(24)34(31)36/h1-13,15H,14,16-17H2. The molecule has 9 rings (SSSR count). The van der Waals surface area contributed by atoms with Crippen LogP contribution < -0.4 is 0 Å². The number of hydrogen-bond donors (Lipinski definition) is 0. The minimum absolute atomic E-state index is 0.0454. The Morgan fingerprint density at radius 3 is 1.93 bits per heavy atom. The topological polar surface area (TPSA) is 68.3 Å². The highest BCUT2D eigenvalue weighted by Crippen LogP contribution is 2.66. The van der Waals surface area contributed by atoms with E-state index in [2.05, 4.69) is 11.9 Å². The number of Topliss-reactive ketones (excluding diaryl/α,β-unsaturated/α-hetero) is 1. The molecule has 0 aromatic heterocycles. The van der Waals surface area contributed by atoms with E-state index in [9.17, 15) is 19.2 Å². The fourth-order valence-corrected chi connectivity index (χ4v) is 7.74. The number of benzene rings is 3. The maximum absolute atomic E-state index is 13.9. The van der Waals surface area contributed by atoms with Crippen LogP contribution in [0.3, 0.4) is 0 Å². The summed E-state index contributed by atoms with van der Waals surface area (Å²) in [6.45, 7) is 0. The number of rotatable bonds is 3. The van der Waals surface area contributed by atoms with Gasteiger partial charge in [0.05, 0.1) is 0 Å². The molecule has 0 atom stereocenters. The average molecular weight is 553 g/mol. The van der Waals surface area contributed by atoms with E-state index in [0.717, 1.165) is 72.4 Å². The third-order valence-corrected chi connectivity index (χ3v) is 9.52. The van der Waals surface area contributed by atoms with Crippen LogP contribution in [0.5, 0.6) is 0 Å². The number of carbonyl (C=O) groups is 2. The molecular weight excluding hydrogens is 532 g/mol. The van der Waals surface area contributed by atoms with Gasteiger partial charge in [-0.25, -0.2) is 9.59 Å². The van der Waals surface area contributed by atoms with E-state index in [0.29, 0.717) is 40.7 Å². The molecule has 4 heteroatoms. The summed E-state index contributed by atoms with van der Waals surface area (Å²) in [7, 11) is 0. The van der Waals surface area contributed by atoms with Crippen LogP contribution in [0.2, 0.25) is 0 Å². The predicted octanol–water partition coefficient (Wildman–Crippen LogP) is 6.74. The zero-order valence-corrected chi connectivity index (χ0v) is 22.8. The second kappa shape index (κ2) is 8.44. The summed E-state index contributed by atoms with van der Waals surface area (Å²) in [6.07, 6.45) is 3.00. The van der Waals surface area contributed by atoms with Crippen LogP contribution in [0.4, 0.5) is 0 Å². The maximum Gasteiger partial charge on any atom is 0.193 e. The second-order valence-corrected chi connectivity index (χ2v) is 11.5. The lowest BCUT2D eigenvalue weighted by atomic mass is 9.53. The Labute approximate surface area is 246 Å². The van der Waals surface area contributed by atoms with Gasteiger partial charge >= 0.3 is 0 Å². The van der Waals surface area contributed by atoms with E-state index in [4.69, 9.17) is 0 Å². The van der Waals surface area contributed by atoms with E-state index >= 15 is 0 Å². The molecule has 0 unspecified atom stereocenters. The summed E-state index contributed by atoms with van der Waals surface area (Å²) < 4.78 is 0. The van der Waals surface area contributed by atoms with Gasteiger partial charge in [0.15, 0.2) is 11.6 Å². The van der Waals surface area contributed by atoms with Gasteiger partial charge in [-0.1, -0.05) is 84.9 Å². The highest BCUT2D eigenvalue weighted by Gasteiger charge is 2.52. The average Bonchev–Trinajstić information content (AvgIpc) is 3.04. The molecule has 0 aliphatic heterocycles. The Morgan fingerprint density at radius 2 is 1.19 bits per heavy atom. The van der Waals surface area contributed by atoms with Gasteiger partial charge in [0.1, 0.15) is 11.9 Å². The highest BCUT2D eigenvalue weighted by molar-refractivity contribution is 6.27. The Morgan fingerprint density at radius 1 is 0.558 bits per heavy atom. The van der Waals surface area contributed by atoms with Crippen molar-refractivity contribution >= 4 is 40.2 Å². The van der Waals surface area contributed by atoms with Crippen molar-refractivity contribution in [2.24, 2.45) is 0 Å². The first-order valence-corrected chi connectivity index (χ1v) is 14.3. The molecule has 0 N–H and O–H groups in total. The van der Waals surface area contributed by atoms with Gasteiger partial charge in [0, 0.05) is 58.3 Å². The second-order valence-electron chi connectivity index (χ2n) is 11.5. The first-order valence-electron chi connectivity index (χ1n) is 14.3. The molecule has 6 aliphatic rings. The van der Waals surface area contributed by atoms with Crippen LogP contribution in [0.15, 0.2) is 141 Å². The SMILES string of the molecule is O=C=C1CC=C(c2ccccc2C(=O)c2ccccc2)C2=C1C1=C2CC(=O)C2=C1C1=C2C2=C(C(=C=O)C1)c1ccccc12. The molecule has 0 fully saturated rings. The zero-order chi connectivity index (χ0) is 29.0. The maximum atomic E-state index is 13.9. The molecular formula is C39H20O4. The fraction of sp³-hybridized carbons (Fsp3) is 0.0769. The summed E-state index contributed by atoms with van der Waals surface area (Å²) >= 11 is 0. The van der Waals surface area contributed by atoms with E-state index < -0.39 is 0 Å². The molecule has 200 valence electrons. The van der Waals surface area contributed by atoms with Gasteiger partial charge in [-0.05, 0) is 61.3 Å². The van der Waals surface area contributed by atoms with Crippen LogP contribution in [-0.4, -0.2) is 23.4 Å². The Balaban J connectivity index is 1.17. The third kappa shape index (κ3) is 2.91. The van der Waals surface area contributed by atoms with Crippen LogP contribution in [0.25, 0.3) is 16.7 Å². The quantitative estimate of drug-likeness (QED) is 0.267. The lowest BCUT2D eigenvalue weighted by Crippen LogP contribution is -2.35. The van der Waals surface area contributed by atoms with Crippen molar-refractivity contribution in [1.82, 2.24) is 0 Å². The molecule has 3 aromatic rings. The number of allylic oxidation sites excluding steroid dienone is 14. The minimum Gasteiger partial charge on any atom is -0.294 e. The monoisotopic (exact) mass is 552 g/mol. The third-order valence-electron chi connectivity index (χ3n) is 9.52. The molecule has 0 amide bonds. The van der Waals surface area contributed by atoms with Crippen molar-refractivity contribution in [2.75, 3.05) is 0 Å². The minimum atomic E-state index is -0.0803. The summed E-state index contributed by atoms with van der Waals surface area (Å²) in [5, 5.41) is 0.